The van der Waals surface area contributed by atoms with Gasteiger partial charge in [-0.1, -0.05) is 22.4 Å². The lowest BCUT2D eigenvalue weighted by atomic mass is 9.99. The summed E-state index contributed by atoms with van der Waals surface area (Å²) in [4.78, 5) is 16.8. The van der Waals surface area contributed by atoms with Gasteiger partial charge in [-0.3, -0.25) is 4.79 Å². The number of halogens is 1. The molecule has 110 valence electrons. The van der Waals surface area contributed by atoms with Gasteiger partial charge in [-0.25, -0.2) is 0 Å². The molecule has 2 rings (SSSR count). The van der Waals surface area contributed by atoms with Crippen LogP contribution in [0, 0.1) is 0 Å². The molecule has 4 heteroatoms. The fourth-order valence-corrected chi connectivity index (χ4v) is 3.69. The van der Waals surface area contributed by atoms with E-state index < -0.39 is 0 Å². The molecule has 0 aromatic rings. The molecule has 3 nitrogen and oxygen atoms in total. The predicted octanol–water partition coefficient (Wildman–Crippen LogP) is 3.03. The van der Waals surface area contributed by atoms with E-state index in [2.05, 4.69) is 25.7 Å². The van der Waals surface area contributed by atoms with Gasteiger partial charge in [-0.05, 0) is 51.6 Å². The average Bonchev–Trinajstić information content (AvgIpc) is 2.48. The van der Waals surface area contributed by atoms with Gasteiger partial charge >= 0.3 is 0 Å². The molecule has 0 aliphatic carbocycles. The van der Waals surface area contributed by atoms with Crippen LogP contribution in [0.2, 0.25) is 0 Å². The summed E-state index contributed by atoms with van der Waals surface area (Å²) in [5.74, 6) is 0.373. The van der Waals surface area contributed by atoms with Gasteiger partial charge in [0.15, 0.2) is 0 Å². The monoisotopic (exact) mass is 330 g/mol. The number of carbonyl (C=O) groups is 1. The molecule has 0 aromatic heterocycles. The highest BCUT2D eigenvalue weighted by molar-refractivity contribution is 9.09. The molecule has 0 saturated carbocycles. The van der Waals surface area contributed by atoms with Crippen LogP contribution in [-0.4, -0.2) is 53.3 Å². The van der Waals surface area contributed by atoms with Crippen molar-refractivity contribution in [3.05, 3.63) is 0 Å². The fourth-order valence-electron chi connectivity index (χ4n) is 3.29. The van der Waals surface area contributed by atoms with E-state index in [1.165, 1.54) is 45.2 Å². The van der Waals surface area contributed by atoms with Crippen molar-refractivity contribution in [2.75, 3.05) is 31.5 Å². The molecule has 2 heterocycles. The summed E-state index contributed by atoms with van der Waals surface area (Å²) in [6, 6.07) is 0.742. The smallest absolute Gasteiger partial charge is 0.222 e. The van der Waals surface area contributed by atoms with E-state index in [1.807, 2.05) is 0 Å². The zero-order valence-electron chi connectivity index (χ0n) is 12.0. The van der Waals surface area contributed by atoms with Crippen molar-refractivity contribution < 1.29 is 4.79 Å². The molecule has 0 N–H and O–H groups in total. The molecule has 0 bridgehead atoms. The first-order valence-electron chi connectivity index (χ1n) is 7.89. The summed E-state index contributed by atoms with van der Waals surface area (Å²) in [6.45, 7) is 4.52. The van der Waals surface area contributed by atoms with Crippen LogP contribution in [-0.2, 0) is 4.79 Å². The second-order valence-corrected chi connectivity index (χ2v) is 6.65. The molecule has 2 aliphatic rings. The summed E-state index contributed by atoms with van der Waals surface area (Å²) in [6.07, 6.45) is 9.37. The second-order valence-electron chi connectivity index (χ2n) is 5.85. The first-order chi connectivity index (χ1) is 9.31. The van der Waals surface area contributed by atoms with Gasteiger partial charge in [-0.2, -0.15) is 0 Å². The van der Waals surface area contributed by atoms with Crippen LogP contribution in [0.4, 0.5) is 0 Å². The predicted molar refractivity (Wildman–Crippen MR) is 82.7 cm³/mol. The maximum Gasteiger partial charge on any atom is 0.222 e. The topological polar surface area (TPSA) is 23.6 Å². The zero-order valence-corrected chi connectivity index (χ0v) is 13.5. The van der Waals surface area contributed by atoms with Crippen molar-refractivity contribution in [2.24, 2.45) is 0 Å². The highest BCUT2D eigenvalue weighted by atomic mass is 79.9. The van der Waals surface area contributed by atoms with Crippen molar-refractivity contribution >= 4 is 21.8 Å². The van der Waals surface area contributed by atoms with Crippen LogP contribution in [0.1, 0.15) is 51.4 Å². The Balaban J connectivity index is 1.68. The van der Waals surface area contributed by atoms with Crippen LogP contribution in [0.3, 0.4) is 0 Å². The Morgan fingerprint density at radius 3 is 2.32 bits per heavy atom. The van der Waals surface area contributed by atoms with Crippen molar-refractivity contribution in [1.29, 1.82) is 0 Å². The van der Waals surface area contributed by atoms with Crippen LogP contribution in [0.5, 0.6) is 0 Å². The quantitative estimate of drug-likeness (QED) is 0.571. The van der Waals surface area contributed by atoms with E-state index in [-0.39, 0.29) is 0 Å². The van der Waals surface area contributed by atoms with Gasteiger partial charge in [0, 0.05) is 30.9 Å². The van der Waals surface area contributed by atoms with Crippen LogP contribution in [0.15, 0.2) is 0 Å². The molecule has 2 aliphatic heterocycles. The van der Waals surface area contributed by atoms with Gasteiger partial charge in [0.05, 0.1) is 0 Å². The Labute approximate surface area is 125 Å². The van der Waals surface area contributed by atoms with E-state index in [0.29, 0.717) is 5.91 Å². The number of piperidine rings is 2. The van der Waals surface area contributed by atoms with Gasteiger partial charge in [-0.15, -0.1) is 0 Å². The minimum atomic E-state index is 0.373. The molecule has 0 unspecified atom stereocenters. The second kappa shape index (κ2) is 8.25. The van der Waals surface area contributed by atoms with Crippen LogP contribution < -0.4 is 0 Å². The van der Waals surface area contributed by atoms with E-state index in [9.17, 15) is 4.79 Å². The number of carbonyl (C=O) groups excluding carboxylic acids is 1. The molecular weight excluding hydrogens is 304 g/mol. The van der Waals surface area contributed by atoms with Crippen LogP contribution in [0.25, 0.3) is 0 Å². The SMILES string of the molecule is O=C(CCCCBr)N1CCC(N2CCCCC2)CC1. The molecule has 1 amide bonds. The van der Waals surface area contributed by atoms with E-state index >= 15 is 0 Å². The summed E-state index contributed by atoms with van der Waals surface area (Å²) >= 11 is 3.42. The largest absolute Gasteiger partial charge is 0.343 e. The lowest BCUT2D eigenvalue weighted by Gasteiger charge is -2.40. The third kappa shape index (κ3) is 4.75. The molecule has 0 radical (unpaired) electrons. The molecule has 2 fully saturated rings. The summed E-state index contributed by atoms with van der Waals surface area (Å²) in [5, 5.41) is 1.01. The van der Waals surface area contributed by atoms with Crippen molar-refractivity contribution in [3.8, 4) is 0 Å². The number of nitrogens with zero attached hydrogens (tertiary/aromatic N) is 2. The molecule has 0 atom stereocenters. The Morgan fingerprint density at radius 2 is 1.68 bits per heavy atom. The molecule has 0 aromatic carbocycles. The zero-order chi connectivity index (χ0) is 13.5. The maximum absolute atomic E-state index is 12.1. The highest BCUT2D eigenvalue weighted by Crippen LogP contribution is 2.21. The first kappa shape index (κ1) is 15.3. The molecule has 0 spiro atoms. The Morgan fingerprint density at radius 1 is 1.00 bits per heavy atom. The number of hydrogen-bond donors (Lipinski definition) is 0. The summed E-state index contributed by atoms with van der Waals surface area (Å²) in [5.41, 5.74) is 0. The van der Waals surface area contributed by atoms with Crippen LogP contribution >= 0.6 is 15.9 Å². The lowest BCUT2D eigenvalue weighted by molar-refractivity contribution is -0.132. The number of likely N-dealkylation sites (tertiary alicyclic amines) is 2. The number of unbranched alkanes of at least 4 members (excludes halogenated alkanes) is 1. The normalized spacial score (nSPS) is 22.7. The number of alkyl halides is 1. The maximum atomic E-state index is 12.1. The highest BCUT2D eigenvalue weighted by Gasteiger charge is 2.27. The summed E-state index contributed by atoms with van der Waals surface area (Å²) < 4.78 is 0. The van der Waals surface area contributed by atoms with E-state index in [0.717, 1.165) is 43.7 Å². The molecular formula is C15H27BrN2O. The number of rotatable bonds is 5. The Hall–Kier alpha value is -0.0900. The van der Waals surface area contributed by atoms with Gasteiger partial charge in [0.25, 0.3) is 0 Å². The van der Waals surface area contributed by atoms with E-state index in [1.54, 1.807) is 0 Å². The summed E-state index contributed by atoms with van der Waals surface area (Å²) in [7, 11) is 0. The first-order valence-corrected chi connectivity index (χ1v) is 9.01. The van der Waals surface area contributed by atoms with Gasteiger partial charge < -0.3 is 9.80 Å². The molecule has 19 heavy (non-hydrogen) atoms. The van der Waals surface area contributed by atoms with Crippen molar-refractivity contribution in [1.82, 2.24) is 9.80 Å². The Kier molecular flexibility index (Phi) is 6.65. The van der Waals surface area contributed by atoms with E-state index in [4.69, 9.17) is 0 Å². The standard InChI is InChI=1S/C15H27BrN2O/c16-9-3-2-6-15(19)18-12-7-14(8-13-18)17-10-4-1-5-11-17/h14H,1-13H2. The minimum absolute atomic E-state index is 0.373. The third-order valence-electron chi connectivity index (χ3n) is 4.50. The van der Waals surface area contributed by atoms with Crippen molar-refractivity contribution in [3.63, 3.8) is 0 Å². The van der Waals surface area contributed by atoms with Crippen molar-refractivity contribution in [2.45, 2.75) is 57.4 Å². The molecule has 2 saturated heterocycles. The van der Waals surface area contributed by atoms with Gasteiger partial charge in [0.2, 0.25) is 5.91 Å². The Bertz CT molecular complexity index is 271. The number of hydrogen-bond acceptors (Lipinski definition) is 2. The number of amides is 1. The lowest BCUT2D eigenvalue weighted by Crippen LogP contribution is -2.48. The average molecular weight is 331 g/mol. The third-order valence-corrected chi connectivity index (χ3v) is 5.06. The fraction of sp³-hybridized carbons (Fsp3) is 0.933. The minimum Gasteiger partial charge on any atom is -0.343 e. The van der Waals surface area contributed by atoms with Gasteiger partial charge in [0.1, 0.15) is 0 Å².